The summed E-state index contributed by atoms with van der Waals surface area (Å²) >= 11 is 5.55. The molecule has 0 bridgehead atoms. The largest absolute Gasteiger partial charge is 0.761 e. The monoisotopic (exact) mass is 240 g/mol. The average molecular weight is 241 g/mol. The molecule has 4 nitrogen and oxygen atoms in total. The molecule has 13 heavy (non-hydrogen) atoms. The van der Waals surface area contributed by atoms with Crippen molar-refractivity contribution in [3.63, 3.8) is 0 Å². The Morgan fingerprint density at radius 1 is 1.38 bits per heavy atom. The zero-order valence-corrected chi connectivity index (χ0v) is 8.45. The Balaban J connectivity index is 3.30. The predicted octanol–water partition coefficient (Wildman–Crippen LogP) is 2.18. The lowest BCUT2D eigenvalue weighted by Gasteiger charge is -2.11. The van der Waals surface area contributed by atoms with Crippen molar-refractivity contribution in [3.8, 4) is 0 Å². The molecule has 1 aromatic rings. The summed E-state index contributed by atoms with van der Waals surface area (Å²) in [4.78, 5) is -0.170. The number of benzene rings is 1. The molecular weight excluding hydrogens is 237 g/mol. The van der Waals surface area contributed by atoms with E-state index in [9.17, 15) is 13.6 Å². The highest BCUT2D eigenvalue weighted by atomic mass is 35.7. The molecule has 0 radical (unpaired) electrons. The minimum atomic E-state index is -3.82. The van der Waals surface area contributed by atoms with Gasteiger partial charge in [0.05, 0.1) is 9.92 Å². The molecule has 7 heteroatoms. The average Bonchev–Trinajstić information content (AvgIpc) is 2.03. The van der Waals surface area contributed by atoms with E-state index in [0.29, 0.717) is 0 Å². The van der Waals surface area contributed by atoms with Crippen LogP contribution >= 0.6 is 22.3 Å². The van der Waals surface area contributed by atoms with Gasteiger partial charge in [-0.15, -0.1) is 0 Å². The number of nitrogens with one attached hydrogen (secondary N) is 1. The van der Waals surface area contributed by atoms with Crippen LogP contribution < -0.4 is 5.48 Å². The highest BCUT2D eigenvalue weighted by molar-refractivity contribution is 8.13. The van der Waals surface area contributed by atoms with Crippen LogP contribution in [0.5, 0.6) is 0 Å². The molecule has 0 saturated carbocycles. The quantitative estimate of drug-likeness (QED) is 0.636. The van der Waals surface area contributed by atoms with E-state index in [2.05, 4.69) is 0 Å². The summed E-state index contributed by atoms with van der Waals surface area (Å²) in [5.41, 5.74) is 1.48. The molecule has 0 fully saturated rings. The van der Waals surface area contributed by atoms with Crippen LogP contribution in [-0.4, -0.2) is 8.42 Å². The minimum absolute atomic E-state index is 0.0246. The molecule has 0 spiro atoms. The van der Waals surface area contributed by atoms with Gasteiger partial charge in [0.15, 0.2) is 0 Å². The van der Waals surface area contributed by atoms with Gasteiger partial charge in [0.25, 0.3) is 9.05 Å². The Bertz CT molecular complexity index is 418. The van der Waals surface area contributed by atoms with Crippen LogP contribution in [0, 0.1) is 5.21 Å². The maximum atomic E-state index is 10.8. The van der Waals surface area contributed by atoms with Crippen molar-refractivity contribution in [2.24, 2.45) is 0 Å². The number of hydrogen-bond donors (Lipinski definition) is 1. The van der Waals surface area contributed by atoms with Crippen molar-refractivity contribution in [1.82, 2.24) is 0 Å². The molecule has 0 atom stereocenters. The van der Waals surface area contributed by atoms with Gasteiger partial charge in [-0.05, 0) is 18.2 Å². The fourth-order valence-electron chi connectivity index (χ4n) is 0.734. The summed E-state index contributed by atoms with van der Waals surface area (Å²) in [6.07, 6.45) is 0. The molecule has 0 unspecified atom stereocenters. The maximum Gasteiger partial charge on any atom is 0.261 e. The lowest BCUT2D eigenvalue weighted by atomic mass is 10.3. The molecule has 0 amide bonds. The van der Waals surface area contributed by atoms with Crippen molar-refractivity contribution in [2.75, 3.05) is 5.48 Å². The zero-order valence-electron chi connectivity index (χ0n) is 6.12. The molecule has 0 aliphatic carbocycles. The van der Waals surface area contributed by atoms with E-state index in [0.717, 1.165) is 6.07 Å². The maximum absolute atomic E-state index is 10.8. The fourth-order valence-corrected chi connectivity index (χ4v) is 1.67. The highest BCUT2D eigenvalue weighted by Crippen LogP contribution is 2.26. The van der Waals surface area contributed by atoms with Crippen LogP contribution in [0.3, 0.4) is 0 Å². The number of halogens is 2. The SMILES string of the molecule is O=S(=O)(Cl)c1ccc(Cl)c(N[O-])c1. The lowest BCUT2D eigenvalue weighted by molar-refractivity contribution is 0.609. The second-order valence-electron chi connectivity index (χ2n) is 2.18. The Kier molecular flexibility index (Phi) is 3.02. The first-order chi connectivity index (χ1) is 5.95. The highest BCUT2D eigenvalue weighted by Gasteiger charge is 2.10. The van der Waals surface area contributed by atoms with Crippen LogP contribution in [0.1, 0.15) is 0 Å². The van der Waals surface area contributed by atoms with E-state index in [1.165, 1.54) is 17.6 Å². The smallest absolute Gasteiger partial charge is 0.261 e. The predicted molar refractivity (Wildman–Crippen MR) is 51.5 cm³/mol. The third kappa shape index (κ3) is 2.47. The molecule has 0 aliphatic heterocycles. The van der Waals surface area contributed by atoms with Gasteiger partial charge in [0, 0.05) is 16.4 Å². The molecule has 1 rings (SSSR count). The molecule has 0 heterocycles. The number of anilines is 1. The van der Waals surface area contributed by atoms with Crippen LogP contribution in [0.25, 0.3) is 0 Å². The number of hydrogen-bond acceptors (Lipinski definition) is 4. The van der Waals surface area contributed by atoms with Gasteiger partial charge < -0.3 is 10.7 Å². The van der Waals surface area contributed by atoms with Gasteiger partial charge in [0.2, 0.25) is 0 Å². The van der Waals surface area contributed by atoms with E-state index >= 15 is 0 Å². The Labute approximate surface area is 84.5 Å². The molecule has 1 N–H and O–H groups in total. The van der Waals surface area contributed by atoms with Crippen LogP contribution in [0.2, 0.25) is 5.02 Å². The van der Waals surface area contributed by atoms with E-state index in [4.69, 9.17) is 22.3 Å². The van der Waals surface area contributed by atoms with Gasteiger partial charge in [-0.2, -0.15) is 0 Å². The van der Waals surface area contributed by atoms with Gasteiger partial charge in [-0.1, -0.05) is 11.6 Å². The van der Waals surface area contributed by atoms with Crippen molar-refractivity contribution in [3.05, 3.63) is 28.4 Å². The first-order valence-electron chi connectivity index (χ1n) is 3.07. The van der Waals surface area contributed by atoms with Crippen molar-refractivity contribution in [1.29, 1.82) is 0 Å². The van der Waals surface area contributed by atoms with E-state index in [1.54, 1.807) is 0 Å². The molecule has 1 aromatic carbocycles. The third-order valence-electron chi connectivity index (χ3n) is 1.33. The Morgan fingerprint density at radius 2 is 2.00 bits per heavy atom. The normalized spacial score (nSPS) is 11.3. The van der Waals surface area contributed by atoms with Crippen LogP contribution in [0.4, 0.5) is 5.69 Å². The van der Waals surface area contributed by atoms with E-state index in [1.807, 2.05) is 0 Å². The molecular formula is C6H4Cl2NO3S-. The van der Waals surface area contributed by atoms with Crippen LogP contribution in [0.15, 0.2) is 23.1 Å². The standard InChI is InChI=1S/C6H4Cl2NO3S/c7-5-2-1-4(13(8,11)12)3-6(5)9-10/h1-3,9H/q-1. The first-order valence-corrected chi connectivity index (χ1v) is 5.76. The van der Waals surface area contributed by atoms with Gasteiger partial charge in [0.1, 0.15) is 0 Å². The fraction of sp³-hybridized carbons (Fsp3) is 0. The van der Waals surface area contributed by atoms with Crippen LogP contribution in [-0.2, 0) is 9.05 Å². The second kappa shape index (κ2) is 3.71. The second-order valence-corrected chi connectivity index (χ2v) is 5.15. The molecule has 0 saturated heterocycles. The van der Waals surface area contributed by atoms with Crippen molar-refractivity contribution < 1.29 is 8.42 Å². The van der Waals surface area contributed by atoms with Gasteiger partial charge in [-0.3, -0.25) is 0 Å². The van der Waals surface area contributed by atoms with Crippen molar-refractivity contribution in [2.45, 2.75) is 4.90 Å². The number of rotatable bonds is 2. The summed E-state index contributed by atoms with van der Waals surface area (Å²) in [5.74, 6) is 0. The van der Waals surface area contributed by atoms with E-state index < -0.39 is 9.05 Å². The topological polar surface area (TPSA) is 69.2 Å². The third-order valence-corrected chi connectivity index (χ3v) is 3.01. The van der Waals surface area contributed by atoms with Crippen molar-refractivity contribution >= 4 is 37.0 Å². The summed E-state index contributed by atoms with van der Waals surface area (Å²) in [7, 11) is 1.22. The summed E-state index contributed by atoms with van der Waals surface area (Å²) in [6, 6.07) is 3.56. The summed E-state index contributed by atoms with van der Waals surface area (Å²) in [6.45, 7) is 0. The van der Waals surface area contributed by atoms with E-state index in [-0.39, 0.29) is 15.6 Å². The first kappa shape index (κ1) is 10.6. The lowest BCUT2D eigenvalue weighted by Crippen LogP contribution is -1.93. The summed E-state index contributed by atoms with van der Waals surface area (Å²) in [5, 5.41) is 10.4. The Morgan fingerprint density at radius 3 is 2.46 bits per heavy atom. The molecule has 0 aliphatic rings. The molecule has 0 aromatic heterocycles. The minimum Gasteiger partial charge on any atom is -0.761 e. The van der Waals surface area contributed by atoms with Gasteiger partial charge >= 0.3 is 0 Å². The zero-order chi connectivity index (χ0) is 10.1. The molecule has 72 valence electrons. The summed E-state index contributed by atoms with van der Waals surface area (Å²) < 4.78 is 21.6. The Hall–Kier alpha value is -0.490. The van der Waals surface area contributed by atoms with Gasteiger partial charge in [-0.25, -0.2) is 8.42 Å².